The van der Waals surface area contributed by atoms with Crippen LogP contribution in [0.15, 0.2) is 24.3 Å². The van der Waals surface area contributed by atoms with E-state index in [-0.39, 0.29) is 23.1 Å². The highest BCUT2D eigenvalue weighted by molar-refractivity contribution is 6.22. The standard InChI is InChI=1S/C16H16N2O5/c1-9(14(20)17-10-6-7-10)23-13(19)8-18-15(21)11-4-2-3-5-12(11)16(18)22/h2-5,9-10H,6-8H2,1H3,(H,17,20)/t9-/m0/s1. The van der Waals surface area contributed by atoms with E-state index < -0.39 is 30.4 Å². The minimum atomic E-state index is -0.960. The second-order valence-electron chi connectivity index (χ2n) is 5.66. The Morgan fingerprint density at radius 1 is 1.22 bits per heavy atom. The van der Waals surface area contributed by atoms with E-state index in [0.29, 0.717) is 0 Å². The van der Waals surface area contributed by atoms with Crippen LogP contribution in [0.5, 0.6) is 0 Å². The second kappa shape index (κ2) is 5.83. The van der Waals surface area contributed by atoms with Gasteiger partial charge in [-0.05, 0) is 31.9 Å². The molecular formula is C16H16N2O5. The molecule has 23 heavy (non-hydrogen) atoms. The third kappa shape index (κ3) is 3.08. The normalized spacial score (nSPS) is 17.7. The molecule has 0 bridgehead atoms. The van der Waals surface area contributed by atoms with E-state index in [2.05, 4.69) is 5.32 Å². The van der Waals surface area contributed by atoms with Crippen molar-refractivity contribution < 1.29 is 23.9 Å². The smallest absolute Gasteiger partial charge is 0.326 e. The molecule has 1 fully saturated rings. The van der Waals surface area contributed by atoms with Gasteiger partial charge in [-0.1, -0.05) is 12.1 Å². The molecule has 2 aliphatic rings. The van der Waals surface area contributed by atoms with Crippen LogP contribution in [0.3, 0.4) is 0 Å². The molecule has 0 radical (unpaired) electrons. The zero-order valence-corrected chi connectivity index (χ0v) is 12.6. The van der Waals surface area contributed by atoms with Gasteiger partial charge in [0.05, 0.1) is 11.1 Å². The fourth-order valence-corrected chi connectivity index (χ4v) is 2.35. The number of hydrogen-bond donors (Lipinski definition) is 1. The highest BCUT2D eigenvalue weighted by atomic mass is 16.5. The highest BCUT2D eigenvalue weighted by Crippen LogP contribution is 2.22. The molecule has 120 valence electrons. The lowest BCUT2D eigenvalue weighted by Crippen LogP contribution is -2.41. The maximum Gasteiger partial charge on any atom is 0.326 e. The van der Waals surface area contributed by atoms with E-state index >= 15 is 0 Å². The van der Waals surface area contributed by atoms with Gasteiger partial charge in [0.2, 0.25) is 0 Å². The molecular weight excluding hydrogens is 300 g/mol. The molecule has 7 heteroatoms. The van der Waals surface area contributed by atoms with Gasteiger partial charge in [-0.25, -0.2) is 0 Å². The van der Waals surface area contributed by atoms with E-state index in [1.165, 1.54) is 19.1 Å². The lowest BCUT2D eigenvalue weighted by molar-refractivity contribution is -0.155. The fourth-order valence-electron chi connectivity index (χ4n) is 2.35. The predicted molar refractivity (Wildman–Crippen MR) is 78.5 cm³/mol. The number of imide groups is 1. The highest BCUT2D eigenvalue weighted by Gasteiger charge is 2.37. The quantitative estimate of drug-likeness (QED) is 0.630. The molecule has 7 nitrogen and oxygen atoms in total. The maximum absolute atomic E-state index is 12.1. The van der Waals surface area contributed by atoms with Crippen LogP contribution in [0.2, 0.25) is 0 Å². The molecule has 0 aromatic heterocycles. The average molecular weight is 316 g/mol. The van der Waals surface area contributed by atoms with Gasteiger partial charge in [-0.3, -0.25) is 24.1 Å². The largest absolute Gasteiger partial charge is 0.451 e. The number of rotatable bonds is 5. The minimum Gasteiger partial charge on any atom is -0.451 e. The van der Waals surface area contributed by atoms with Gasteiger partial charge in [0.25, 0.3) is 17.7 Å². The fraction of sp³-hybridized carbons (Fsp3) is 0.375. The molecule has 1 N–H and O–H groups in total. The molecule has 3 amide bonds. The van der Waals surface area contributed by atoms with Crippen molar-refractivity contribution in [2.75, 3.05) is 6.54 Å². The number of nitrogens with one attached hydrogen (secondary N) is 1. The van der Waals surface area contributed by atoms with Gasteiger partial charge in [0.15, 0.2) is 6.10 Å². The zero-order valence-electron chi connectivity index (χ0n) is 12.6. The molecule has 0 saturated heterocycles. The third-order valence-corrected chi connectivity index (χ3v) is 3.77. The third-order valence-electron chi connectivity index (χ3n) is 3.77. The summed E-state index contributed by atoms with van der Waals surface area (Å²) in [6.07, 6.45) is 0.904. The van der Waals surface area contributed by atoms with Crippen molar-refractivity contribution in [2.45, 2.75) is 31.9 Å². The van der Waals surface area contributed by atoms with Crippen molar-refractivity contribution in [3.63, 3.8) is 0 Å². The summed E-state index contributed by atoms with van der Waals surface area (Å²) >= 11 is 0. The number of nitrogens with zero attached hydrogens (tertiary/aromatic N) is 1. The van der Waals surface area contributed by atoms with Crippen molar-refractivity contribution in [3.05, 3.63) is 35.4 Å². The van der Waals surface area contributed by atoms with Crippen molar-refractivity contribution in [3.8, 4) is 0 Å². The van der Waals surface area contributed by atoms with Gasteiger partial charge < -0.3 is 10.1 Å². The second-order valence-corrected chi connectivity index (χ2v) is 5.66. The van der Waals surface area contributed by atoms with Gasteiger partial charge >= 0.3 is 5.97 Å². The van der Waals surface area contributed by atoms with Crippen molar-refractivity contribution in [1.29, 1.82) is 0 Å². The van der Waals surface area contributed by atoms with E-state index in [1.807, 2.05) is 0 Å². The zero-order chi connectivity index (χ0) is 16.6. The average Bonchev–Trinajstić information content (AvgIpc) is 3.31. The topological polar surface area (TPSA) is 92.8 Å². The number of carbonyl (C=O) groups is 4. The Labute approximate surface area is 132 Å². The van der Waals surface area contributed by atoms with Crippen molar-refractivity contribution in [1.82, 2.24) is 10.2 Å². The summed E-state index contributed by atoms with van der Waals surface area (Å²) < 4.78 is 5.00. The van der Waals surface area contributed by atoms with Gasteiger partial charge in [-0.15, -0.1) is 0 Å². The molecule has 1 aromatic carbocycles. The van der Waals surface area contributed by atoms with Crippen LogP contribution in [0.1, 0.15) is 40.5 Å². The molecule has 3 rings (SSSR count). The Bertz CT molecular complexity index is 660. The summed E-state index contributed by atoms with van der Waals surface area (Å²) in [7, 11) is 0. The molecule has 1 heterocycles. The summed E-state index contributed by atoms with van der Waals surface area (Å²) in [5, 5.41) is 2.72. The van der Waals surface area contributed by atoms with Gasteiger partial charge in [0, 0.05) is 6.04 Å². The summed E-state index contributed by atoms with van der Waals surface area (Å²) in [6, 6.07) is 6.53. The molecule has 1 atom stereocenters. The van der Waals surface area contributed by atoms with E-state index in [1.54, 1.807) is 12.1 Å². The Balaban J connectivity index is 1.59. The molecule has 1 aromatic rings. The first-order chi connectivity index (χ1) is 11.0. The molecule has 0 unspecified atom stereocenters. The molecule has 1 aliphatic carbocycles. The summed E-state index contributed by atoms with van der Waals surface area (Å²) in [6.45, 7) is 0.950. The monoisotopic (exact) mass is 316 g/mol. The van der Waals surface area contributed by atoms with Crippen LogP contribution in [-0.4, -0.2) is 47.3 Å². The number of esters is 1. The lowest BCUT2D eigenvalue weighted by atomic mass is 10.1. The first-order valence-corrected chi connectivity index (χ1v) is 7.42. The molecule has 0 spiro atoms. The lowest BCUT2D eigenvalue weighted by Gasteiger charge is -2.16. The first kappa shape index (κ1) is 15.2. The maximum atomic E-state index is 12.1. The van der Waals surface area contributed by atoms with E-state index in [4.69, 9.17) is 4.74 Å². The number of benzene rings is 1. The number of ether oxygens (including phenoxy) is 1. The SMILES string of the molecule is C[C@H](OC(=O)CN1C(=O)c2ccccc2C1=O)C(=O)NC1CC1. The van der Waals surface area contributed by atoms with Crippen LogP contribution in [0.25, 0.3) is 0 Å². The van der Waals surface area contributed by atoms with E-state index in [9.17, 15) is 19.2 Å². The number of amides is 3. The van der Waals surface area contributed by atoms with Crippen LogP contribution >= 0.6 is 0 Å². The number of carbonyl (C=O) groups excluding carboxylic acids is 4. The Morgan fingerprint density at radius 3 is 2.30 bits per heavy atom. The predicted octanol–water partition coefficient (Wildman–Crippen LogP) is 0.493. The van der Waals surface area contributed by atoms with Crippen LogP contribution < -0.4 is 5.32 Å². The van der Waals surface area contributed by atoms with E-state index in [0.717, 1.165) is 17.7 Å². The molecule has 1 saturated carbocycles. The summed E-state index contributed by atoms with van der Waals surface area (Å²) in [5.74, 6) is -2.23. The Kier molecular flexibility index (Phi) is 3.85. The molecule has 1 aliphatic heterocycles. The van der Waals surface area contributed by atoms with Crippen LogP contribution in [-0.2, 0) is 14.3 Å². The van der Waals surface area contributed by atoms with Crippen molar-refractivity contribution >= 4 is 23.7 Å². The summed E-state index contributed by atoms with van der Waals surface area (Å²) in [5.41, 5.74) is 0.537. The minimum absolute atomic E-state index is 0.167. The van der Waals surface area contributed by atoms with Crippen molar-refractivity contribution in [2.24, 2.45) is 0 Å². The van der Waals surface area contributed by atoms with Gasteiger partial charge in [0.1, 0.15) is 6.54 Å². The van der Waals surface area contributed by atoms with Crippen LogP contribution in [0, 0.1) is 0 Å². The Morgan fingerprint density at radius 2 is 1.78 bits per heavy atom. The number of hydrogen-bond acceptors (Lipinski definition) is 5. The van der Waals surface area contributed by atoms with Gasteiger partial charge in [-0.2, -0.15) is 0 Å². The summed E-state index contributed by atoms with van der Waals surface area (Å²) in [4.78, 5) is 48.7. The number of fused-ring (bicyclic) bond motifs is 1. The first-order valence-electron chi connectivity index (χ1n) is 7.42. The van der Waals surface area contributed by atoms with Crippen LogP contribution in [0.4, 0.5) is 0 Å². The Hall–Kier alpha value is -2.70.